The molecule has 0 spiro atoms. The average Bonchev–Trinajstić information content (AvgIpc) is 3.16. The predicted octanol–water partition coefficient (Wildman–Crippen LogP) is 3.17. The molecule has 2 heterocycles. The van der Waals surface area contributed by atoms with Gasteiger partial charge in [-0.3, -0.25) is 0 Å². The number of hydrogen-bond acceptors (Lipinski definition) is 7. The van der Waals surface area contributed by atoms with Crippen LogP contribution in [0.5, 0.6) is 11.8 Å². The summed E-state index contributed by atoms with van der Waals surface area (Å²) in [6.07, 6.45) is -1.07. The number of nitriles is 1. The van der Waals surface area contributed by atoms with Crippen molar-refractivity contribution >= 4 is 26.9 Å². The summed E-state index contributed by atoms with van der Waals surface area (Å²) >= 11 is 0. The van der Waals surface area contributed by atoms with Crippen molar-refractivity contribution in [1.29, 1.82) is 5.26 Å². The molecule has 0 atom stereocenters. The molecule has 0 saturated carbocycles. The van der Waals surface area contributed by atoms with Crippen LogP contribution >= 0.6 is 0 Å². The number of alkyl halides is 2. The molecule has 0 aliphatic heterocycles. The van der Waals surface area contributed by atoms with E-state index in [1.807, 2.05) is 6.07 Å². The predicted molar refractivity (Wildman–Crippen MR) is 103 cm³/mol. The third-order valence-corrected chi connectivity index (χ3v) is 5.61. The number of H-pyrrole nitrogens is 1. The Hall–Kier alpha value is -3.46. The summed E-state index contributed by atoms with van der Waals surface area (Å²) in [5, 5.41) is 9.03. The number of anilines is 1. The van der Waals surface area contributed by atoms with Crippen molar-refractivity contribution in [3.05, 3.63) is 35.5 Å². The lowest BCUT2D eigenvalue weighted by Crippen LogP contribution is -2.16. The minimum Gasteiger partial charge on any atom is -0.481 e. The topological polar surface area (TPSA) is 130 Å². The van der Waals surface area contributed by atoms with Crippen LogP contribution in [0.4, 0.5) is 14.7 Å². The van der Waals surface area contributed by atoms with Gasteiger partial charge in [0.25, 0.3) is 16.4 Å². The molecule has 3 rings (SSSR count). The van der Waals surface area contributed by atoms with E-state index in [9.17, 15) is 17.2 Å². The highest BCUT2D eigenvalue weighted by molar-refractivity contribution is 7.93. The summed E-state index contributed by atoms with van der Waals surface area (Å²) in [7, 11) is -1.48. The highest BCUT2D eigenvalue weighted by atomic mass is 32.2. The molecule has 0 bridgehead atoms. The molecule has 12 heteroatoms. The van der Waals surface area contributed by atoms with Crippen LogP contribution in [0.1, 0.15) is 24.0 Å². The molecular formula is C18H17F2N5O4S. The Morgan fingerprint density at radius 3 is 2.47 bits per heavy atom. The second-order valence-electron chi connectivity index (χ2n) is 6.07. The summed E-state index contributed by atoms with van der Waals surface area (Å²) in [6, 6.07) is 5.64. The fraction of sp³-hybridized carbons (Fsp3) is 0.278. The van der Waals surface area contributed by atoms with E-state index in [0.717, 1.165) is 6.07 Å². The molecule has 0 aliphatic rings. The maximum Gasteiger partial charge on any atom is 0.266 e. The van der Waals surface area contributed by atoms with Crippen LogP contribution < -0.4 is 14.2 Å². The summed E-state index contributed by atoms with van der Waals surface area (Å²) in [6.45, 7) is 0. The number of rotatable bonds is 8. The van der Waals surface area contributed by atoms with E-state index in [-0.39, 0.29) is 51.9 Å². The van der Waals surface area contributed by atoms with Crippen molar-refractivity contribution in [2.24, 2.45) is 0 Å². The molecule has 158 valence electrons. The number of fused-ring (bicyclic) bond motifs is 1. The molecule has 0 amide bonds. The van der Waals surface area contributed by atoms with Crippen molar-refractivity contribution < 1.29 is 26.7 Å². The number of methoxy groups -OCH3 is 2. The number of hydrogen-bond donors (Lipinski definition) is 2. The summed E-state index contributed by atoms with van der Waals surface area (Å²) in [5.41, 5.74) is 0.444. The molecule has 1 aromatic carbocycles. The Kier molecular flexibility index (Phi) is 6.02. The first-order valence-electron chi connectivity index (χ1n) is 8.58. The molecule has 0 fully saturated rings. The fourth-order valence-corrected chi connectivity index (χ4v) is 4.00. The van der Waals surface area contributed by atoms with Crippen molar-refractivity contribution in [3.8, 4) is 17.8 Å². The average molecular weight is 437 g/mol. The first kappa shape index (κ1) is 21.3. The number of sulfonamides is 1. The second kappa shape index (κ2) is 8.50. The molecule has 9 nitrogen and oxygen atoms in total. The highest BCUT2D eigenvalue weighted by Crippen LogP contribution is 2.31. The van der Waals surface area contributed by atoms with Gasteiger partial charge in [-0.05, 0) is 12.5 Å². The Bertz CT molecular complexity index is 1200. The zero-order valence-electron chi connectivity index (χ0n) is 15.9. The maximum absolute atomic E-state index is 12.9. The molecule has 2 aromatic heterocycles. The van der Waals surface area contributed by atoms with Gasteiger partial charge in [-0.1, -0.05) is 12.1 Å². The van der Waals surface area contributed by atoms with Gasteiger partial charge in [0.15, 0.2) is 0 Å². The Labute approximate surface area is 170 Å². The van der Waals surface area contributed by atoms with E-state index in [4.69, 9.17) is 14.7 Å². The van der Waals surface area contributed by atoms with Gasteiger partial charge in [0.2, 0.25) is 17.7 Å². The monoisotopic (exact) mass is 437 g/mol. The van der Waals surface area contributed by atoms with Crippen LogP contribution in [0.15, 0.2) is 29.3 Å². The molecule has 0 radical (unpaired) electrons. The largest absolute Gasteiger partial charge is 0.481 e. The zero-order chi connectivity index (χ0) is 21.9. The molecule has 30 heavy (non-hydrogen) atoms. The number of halogens is 2. The first-order chi connectivity index (χ1) is 14.3. The van der Waals surface area contributed by atoms with E-state index in [2.05, 4.69) is 19.7 Å². The van der Waals surface area contributed by atoms with Gasteiger partial charge in [-0.25, -0.2) is 21.9 Å². The van der Waals surface area contributed by atoms with Crippen LogP contribution in [0.25, 0.3) is 10.9 Å². The van der Waals surface area contributed by atoms with Gasteiger partial charge in [0.05, 0.1) is 25.9 Å². The standard InChI is InChI=1S/C18H17F2N5O4S/c1-28-16-12(4-3-7-21)17(29-2)24-18(23-16)25-30(26,27)14-9-22-13-8-10(15(19)20)5-6-11(13)14/h5-6,8-9,15,22H,3-4H2,1-2H3,(H,23,24,25). The second-order valence-corrected chi connectivity index (χ2v) is 7.72. The zero-order valence-corrected chi connectivity index (χ0v) is 16.8. The van der Waals surface area contributed by atoms with Crippen molar-refractivity contribution in [3.63, 3.8) is 0 Å². The van der Waals surface area contributed by atoms with Crippen LogP contribution in [-0.4, -0.2) is 37.6 Å². The van der Waals surface area contributed by atoms with E-state index in [1.54, 1.807) is 0 Å². The third kappa shape index (κ3) is 4.11. The minimum absolute atomic E-state index is 0.0651. The van der Waals surface area contributed by atoms with Gasteiger partial charge in [0.1, 0.15) is 4.90 Å². The van der Waals surface area contributed by atoms with Gasteiger partial charge < -0.3 is 14.5 Å². The summed E-state index contributed by atoms with van der Waals surface area (Å²) < 4.78 is 64.1. The quantitative estimate of drug-likeness (QED) is 0.553. The number of nitrogens with one attached hydrogen (secondary N) is 2. The van der Waals surface area contributed by atoms with Crippen LogP contribution in [0, 0.1) is 11.3 Å². The van der Waals surface area contributed by atoms with Crippen LogP contribution in [0.2, 0.25) is 0 Å². The Balaban J connectivity index is 1.99. The smallest absolute Gasteiger partial charge is 0.266 e. The number of nitrogens with zero attached hydrogens (tertiary/aromatic N) is 3. The van der Waals surface area contributed by atoms with E-state index < -0.39 is 16.4 Å². The number of benzene rings is 1. The minimum atomic E-state index is -4.17. The lowest BCUT2D eigenvalue weighted by Gasteiger charge is -2.13. The molecule has 3 aromatic rings. The van der Waals surface area contributed by atoms with E-state index >= 15 is 0 Å². The molecule has 0 aliphatic carbocycles. The van der Waals surface area contributed by atoms with Crippen LogP contribution in [0.3, 0.4) is 0 Å². The SMILES string of the molecule is COc1nc(NS(=O)(=O)c2c[nH]c3cc(C(F)F)ccc23)nc(OC)c1CCC#N. The third-order valence-electron chi connectivity index (χ3n) is 4.24. The van der Waals surface area contributed by atoms with Gasteiger partial charge in [-0.2, -0.15) is 15.2 Å². The van der Waals surface area contributed by atoms with Crippen molar-refractivity contribution in [2.75, 3.05) is 18.9 Å². The Morgan fingerprint density at radius 2 is 1.90 bits per heavy atom. The normalized spacial score (nSPS) is 11.5. The van der Waals surface area contributed by atoms with Gasteiger partial charge in [-0.15, -0.1) is 0 Å². The van der Waals surface area contributed by atoms with Crippen molar-refractivity contribution in [1.82, 2.24) is 15.0 Å². The summed E-state index contributed by atoms with van der Waals surface area (Å²) in [5.74, 6) is -0.173. The fourth-order valence-electron chi connectivity index (χ4n) is 2.87. The van der Waals surface area contributed by atoms with E-state index in [1.165, 1.54) is 32.5 Å². The lowest BCUT2D eigenvalue weighted by atomic mass is 10.2. The summed E-state index contributed by atoms with van der Waals surface area (Å²) in [4.78, 5) is 10.6. The number of aromatic amines is 1. The number of aromatic nitrogens is 3. The number of ether oxygens (including phenoxy) is 2. The van der Waals surface area contributed by atoms with E-state index in [0.29, 0.717) is 5.56 Å². The Morgan fingerprint density at radius 1 is 1.23 bits per heavy atom. The molecule has 0 saturated heterocycles. The maximum atomic E-state index is 12.9. The van der Waals surface area contributed by atoms with Crippen LogP contribution in [-0.2, 0) is 16.4 Å². The lowest BCUT2D eigenvalue weighted by molar-refractivity contribution is 0.151. The molecule has 2 N–H and O–H groups in total. The van der Waals surface area contributed by atoms with Crippen molar-refractivity contribution in [2.45, 2.75) is 24.2 Å². The molecular weight excluding hydrogens is 420 g/mol. The van der Waals surface area contributed by atoms with Gasteiger partial charge >= 0.3 is 0 Å². The molecule has 0 unspecified atom stereocenters. The first-order valence-corrected chi connectivity index (χ1v) is 10.1. The van der Waals surface area contributed by atoms with Gasteiger partial charge in [0, 0.05) is 29.1 Å². The highest BCUT2D eigenvalue weighted by Gasteiger charge is 2.23.